The molecule has 1 aliphatic heterocycles. The Morgan fingerprint density at radius 3 is 2.38 bits per heavy atom. The Hall–Kier alpha value is -1.50. The number of allylic oxidation sites excluding steroid dienone is 2. The summed E-state index contributed by atoms with van der Waals surface area (Å²) < 4.78 is 0.0763. The van der Waals surface area contributed by atoms with Crippen LogP contribution in [0.4, 0.5) is 0 Å². The number of imide groups is 1. The highest BCUT2D eigenvalue weighted by Crippen LogP contribution is 2.52. The maximum Gasteiger partial charge on any atom is 0.233 e. The molecular weight excluding hydrogens is 348 g/mol. The first-order valence-electron chi connectivity index (χ1n) is 9.49. The van der Waals surface area contributed by atoms with Gasteiger partial charge in [0.05, 0.1) is 18.4 Å². The Bertz CT molecular complexity index is 601. The molecule has 2 amide bonds. The van der Waals surface area contributed by atoms with E-state index in [9.17, 15) is 9.59 Å². The molecule has 7 heteroatoms. The number of likely N-dealkylation sites (tertiary alicyclic amines) is 1. The summed E-state index contributed by atoms with van der Waals surface area (Å²) in [6, 6.07) is 0. The second-order valence-electron chi connectivity index (χ2n) is 7.91. The van der Waals surface area contributed by atoms with E-state index in [0.29, 0.717) is 19.6 Å². The van der Waals surface area contributed by atoms with E-state index in [-0.39, 0.29) is 40.2 Å². The van der Waals surface area contributed by atoms with Crippen LogP contribution >= 0.6 is 11.8 Å². The van der Waals surface area contributed by atoms with Gasteiger partial charge in [-0.3, -0.25) is 19.5 Å². The quantitative estimate of drug-likeness (QED) is 0.304. The van der Waals surface area contributed by atoms with Gasteiger partial charge in [-0.15, -0.1) is 0 Å². The molecule has 26 heavy (non-hydrogen) atoms. The SMILES string of the molecule is CCNC(=NCC(C)(C)SC)NCCN1C(=O)C2C3C=CC(C3)C2C1=O. The molecule has 2 N–H and O–H groups in total. The van der Waals surface area contributed by atoms with E-state index in [4.69, 9.17) is 0 Å². The lowest BCUT2D eigenvalue weighted by atomic mass is 9.85. The third kappa shape index (κ3) is 3.63. The molecule has 0 aromatic heterocycles. The number of carbonyl (C=O) groups excluding carboxylic acids is 2. The summed E-state index contributed by atoms with van der Waals surface area (Å²) in [5, 5.41) is 6.48. The van der Waals surface area contributed by atoms with Crippen LogP contribution in [0.2, 0.25) is 0 Å². The molecule has 0 aromatic rings. The maximum atomic E-state index is 12.7. The van der Waals surface area contributed by atoms with Crippen molar-refractivity contribution in [1.29, 1.82) is 0 Å². The molecule has 1 saturated carbocycles. The molecule has 1 saturated heterocycles. The zero-order chi connectivity index (χ0) is 18.9. The van der Waals surface area contributed by atoms with Gasteiger partial charge in [-0.2, -0.15) is 11.8 Å². The van der Waals surface area contributed by atoms with E-state index in [0.717, 1.165) is 18.9 Å². The minimum atomic E-state index is -0.109. The Morgan fingerprint density at radius 2 is 1.85 bits per heavy atom. The van der Waals surface area contributed by atoms with Gasteiger partial charge in [0.2, 0.25) is 11.8 Å². The molecule has 0 spiro atoms. The third-order valence-electron chi connectivity index (χ3n) is 5.70. The van der Waals surface area contributed by atoms with Crippen molar-refractivity contribution in [2.24, 2.45) is 28.7 Å². The number of fused-ring (bicyclic) bond motifs is 5. The molecule has 2 aliphatic carbocycles. The van der Waals surface area contributed by atoms with Crippen LogP contribution in [0.25, 0.3) is 0 Å². The van der Waals surface area contributed by atoms with Crippen molar-refractivity contribution in [3.05, 3.63) is 12.2 Å². The van der Waals surface area contributed by atoms with Gasteiger partial charge in [-0.25, -0.2) is 0 Å². The lowest BCUT2D eigenvalue weighted by Gasteiger charge is -2.21. The van der Waals surface area contributed by atoms with E-state index in [1.54, 1.807) is 11.8 Å². The lowest BCUT2D eigenvalue weighted by molar-refractivity contribution is -0.140. The van der Waals surface area contributed by atoms with Gasteiger partial charge < -0.3 is 10.6 Å². The van der Waals surface area contributed by atoms with Gasteiger partial charge in [-0.05, 0) is 45.3 Å². The van der Waals surface area contributed by atoms with Crippen LogP contribution < -0.4 is 10.6 Å². The highest BCUT2D eigenvalue weighted by Gasteiger charge is 2.58. The zero-order valence-electron chi connectivity index (χ0n) is 16.1. The van der Waals surface area contributed by atoms with Crippen molar-refractivity contribution in [3.63, 3.8) is 0 Å². The number of rotatable bonds is 7. The molecule has 144 valence electrons. The molecule has 4 unspecified atom stereocenters. The summed E-state index contributed by atoms with van der Waals surface area (Å²) in [5.74, 6) is 1.09. The molecule has 0 aromatic carbocycles. The van der Waals surface area contributed by atoms with Crippen LogP contribution in [0.15, 0.2) is 17.1 Å². The van der Waals surface area contributed by atoms with Crippen LogP contribution in [0.3, 0.4) is 0 Å². The molecule has 2 bridgehead atoms. The summed E-state index contributed by atoms with van der Waals surface area (Å²) in [6.45, 7) is 8.73. The molecule has 3 rings (SSSR count). The molecule has 4 atom stereocenters. The number of nitrogens with one attached hydrogen (secondary N) is 2. The average molecular weight is 379 g/mol. The van der Waals surface area contributed by atoms with Crippen LogP contribution in [0, 0.1) is 23.7 Å². The van der Waals surface area contributed by atoms with Crippen molar-refractivity contribution in [2.45, 2.75) is 31.9 Å². The summed E-state index contributed by atoms with van der Waals surface area (Å²) in [4.78, 5) is 31.4. The van der Waals surface area contributed by atoms with E-state index < -0.39 is 0 Å². The molecule has 3 aliphatic rings. The fourth-order valence-corrected chi connectivity index (χ4v) is 4.34. The number of carbonyl (C=O) groups is 2. The Kier molecular flexibility index (Phi) is 5.65. The smallest absolute Gasteiger partial charge is 0.233 e. The molecule has 1 heterocycles. The van der Waals surface area contributed by atoms with E-state index in [1.807, 2.05) is 6.92 Å². The van der Waals surface area contributed by atoms with Crippen molar-refractivity contribution in [1.82, 2.24) is 15.5 Å². The van der Waals surface area contributed by atoms with Gasteiger partial charge in [0.15, 0.2) is 5.96 Å². The molecular formula is C19H30N4O2S. The van der Waals surface area contributed by atoms with Gasteiger partial charge in [-0.1, -0.05) is 12.2 Å². The Labute approximate surface area is 160 Å². The largest absolute Gasteiger partial charge is 0.357 e. The van der Waals surface area contributed by atoms with Crippen LogP contribution in [-0.4, -0.2) is 59.9 Å². The molecule has 0 radical (unpaired) electrons. The third-order valence-corrected chi connectivity index (χ3v) is 6.94. The van der Waals surface area contributed by atoms with Gasteiger partial charge >= 0.3 is 0 Å². The van der Waals surface area contributed by atoms with E-state index in [1.165, 1.54) is 4.90 Å². The van der Waals surface area contributed by atoms with Crippen molar-refractivity contribution in [3.8, 4) is 0 Å². The Morgan fingerprint density at radius 1 is 1.23 bits per heavy atom. The van der Waals surface area contributed by atoms with Crippen molar-refractivity contribution >= 4 is 29.5 Å². The van der Waals surface area contributed by atoms with Crippen molar-refractivity contribution < 1.29 is 9.59 Å². The van der Waals surface area contributed by atoms with E-state index in [2.05, 4.69) is 47.9 Å². The predicted octanol–water partition coefficient (Wildman–Crippen LogP) is 1.49. The van der Waals surface area contributed by atoms with Gasteiger partial charge in [0.25, 0.3) is 0 Å². The average Bonchev–Trinajstić information content (AvgIpc) is 3.29. The van der Waals surface area contributed by atoms with Crippen LogP contribution in [-0.2, 0) is 9.59 Å². The standard InChI is InChI=1S/C19H30N4O2S/c1-5-20-18(22-11-19(2,3)26-4)21-8-9-23-16(24)14-12-6-7-13(10-12)15(14)17(23)25/h6-7,12-15H,5,8-11H2,1-4H3,(H2,20,21,22). The van der Waals surface area contributed by atoms with Crippen LogP contribution in [0.5, 0.6) is 0 Å². The topological polar surface area (TPSA) is 73.8 Å². The predicted molar refractivity (Wildman–Crippen MR) is 106 cm³/mol. The fraction of sp³-hybridized carbons (Fsp3) is 0.737. The number of guanidine groups is 1. The van der Waals surface area contributed by atoms with Crippen LogP contribution in [0.1, 0.15) is 27.2 Å². The number of aliphatic imine (C=N–C) groups is 1. The highest BCUT2D eigenvalue weighted by molar-refractivity contribution is 7.99. The number of thioether (sulfide) groups is 1. The van der Waals surface area contributed by atoms with Crippen molar-refractivity contribution in [2.75, 3.05) is 32.4 Å². The second-order valence-corrected chi connectivity index (χ2v) is 9.43. The summed E-state index contributed by atoms with van der Waals surface area (Å²) in [5.41, 5.74) is 0. The Balaban J connectivity index is 1.54. The number of nitrogens with zero attached hydrogens (tertiary/aromatic N) is 2. The van der Waals surface area contributed by atoms with E-state index >= 15 is 0 Å². The fourth-order valence-electron chi connectivity index (χ4n) is 4.15. The summed E-state index contributed by atoms with van der Waals surface area (Å²) in [7, 11) is 0. The number of hydrogen-bond acceptors (Lipinski definition) is 4. The number of hydrogen-bond donors (Lipinski definition) is 2. The molecule has 6 nitrogen and oxygen atoms in total. The first-order chi connectivity index (χ1) is 12.4. The first kappa shape index (κ1) is 19.3. The molecule has 2 fully saturated rings. The normalized spacial score (nSPS) is 30.3. The zero-order valence-corrected chi connectivity index (χ0v) is 16.9. The minimum absolute atomic E-state index is 0.0177. The first-order valence-corrected chi connectivity index (χ1v) is 10.7. The highest BCUT2D eigenvalue weighted by atomic mass is 32.2. The summed E-state index contributed by atoms with van der Waals surface area (Å²) >= 11 is 1.78. The van der Waals surface area contributed by atoms with Gasteiger partial charge in [0, 0.05) is 24.4 Å². The lowest BCUT2D eigenvalue weighted by Crippen LogP contribution is -2.44. The van der Waals surface area contributed by atoms with Gasteiger partial charge in [0.1, 0.15) is 0 Å². The monoisotopic (exact) mass is 378 g/mol. The maximum absolute atomic E-state index is 12.7. The summed E-state index contributed by atoms with van der Waals surface area (Å²) in [6.07, 6.45) is 7.31. The minimum Gasteiger partial charge on any atom is -0.357 e. The number of amides is 2. The second kappa shape index (κ2) is 7.62.